The summed E-state index contributed by atoms with van der Waals surface area (Å²) in [4.78, 5) is 7.07. The Balaban J connectivity index is 2.47. The fraction of sp³-hybridized carbons (Fsp3) is 0.357. The molecule has 0 aliphatic rings. The van der Waals surface area contributed by atoms with Crippen LogP contribution in [0.1, 0.15) is 31.3 Å². The Labute approximate surface area is 115 Å². The van der Waals surface area contributed by atoms with E-state index in [-0.39, 0.29) is 5.41 Å². The standard InChI is InChI=1S/C14H16BrNS/c1-9-11(15)8-12(17-9)10-5-6-16-13(7-10)14(2,3)4/h5-8H,1-4H3. The van der Waals surface area contributed by atoms with Crippen LogP contribution in [0, 0.1) is 6.92 Å². The highest BCUT2D eigenvalue weighted by molar-refractivity contribution is 9.10. The summed E-state index contributed by atoms with van der Waals surface area (Å²) < 4.78 is 1.19. The molecule has 0 N–H and O–H groups in total. The van der Waals surface area contributed by atoms with E-state index in [1.54, 1.807) is 0 Å². The van der Waals surface area contributed by atoms with Gasteiger partial charge in [0.25, 0.3) is 0 Å². The summed E-state index contributed by atoms with van der Waals surface area (Å²) in [6, 6.07) is 6.45. The van der Waals surface area contributed by atoms with E-state index in [0.29, 0.717) is 0 Å². The van der Waals surface area contributed by atoms with Crippen LogP contribution in [-0.2, 0) is 5.41 Å². The van der Waals surface area contributed by atoms with Crippen molar-refractivity contribution in [1.82, 2.24) is 4.98 Å². The number of rotatable bonds is 1. The zero-order valence-electron chi connectivity index (χ0n) is 10.5. The molecule has 0 saturated carbocycles. The van der Waals surface area contributed by atoms with Crippen LogP contribution < -0.4 is 0 Å². The molecule has 2 aromatic heterocycles. The number of halogens is 1. The van der Waals surface area contributed by atoms with Crippen molar-refractivity contribution in [3.63, 3.8) is 0 Å². The summed E-state index contributed by atoms with van der Waals surface area (Å²) in [6.07, 6.45) is 1.90. The molecule has 0 bridgehead atoms. The molecule has 2 heterocycles. The molecule has 0 aliphatic heterocycles. The van der Waals surface area contributed by atoms with Gasteiger partial charge in [-0.1, -0.05) is 20.8 Å². The smallest absolute Gasteiger partial charge is 0.0463 e. The molecular formula is C14H16BrNS. The second-order valence-corrected chi connectivity index (χ2v) is 7.31. The Morgan fingerprint density at radius 2 is 1.94 bits per heavy atom. The van der Waals surface area contributed by atoms with Crippen molar-refractivity contribution in [3.8, 4) is 10.4 Å². The maximum Gasteiger partial charge on any atom is 0.0463 e. The van der Waals surface area contributed by atoms with Gasteiger partial charge in [0.15, 0.2) is 0 Å². The highest BCUT2D eigenvalue weighted by atomic mass is 79.9. The largest absolute Gasteiger partial charge is 0.261 e. The van der Waals surface area contributed by atoms with E-state index < -0.39 is 0 Å². The molecule has 17 heavy (non-hydrogen) atoms. The van der Waals surface area contributed by atoms with Crippen LogP contribution in [-0.4, -0.2) is 4.98 Å². The molecule has 0 atom stereocenters. The third-order valence-electron chi connectivity index (χ3n) is 2.67. The summed E-state index contributed by atoms with van der Waals surface area (Å²) in [6.45, 7) is 8.70. The lowest BCUT2D eigenvalue weighted by molar-refractivity contribution is 0.569. The lowest BCUT2D eigenvalue weighted by Crippen LogP contribution is -2.13. The average Bonchev–Trinajstić information content (AvgIpc) is 2.58. The van der Waals surface area contributed by atoms with Gasteiger partial charge in [0.1, 0.15) is 0 Å². The van der Waals surface area contributed by atoms with Gasteiger partial charge in [-0.2, -0.15) is 0 Å². The molecule has 0 amide bonds. The van der Waals surface area contributed by atoms with Crippen molar-refractivity contribution < 1.29 is 0 Å². The van der Waals surface area contributed by atoms with Crippen LogP contribution in [0.3, 0.4) is 0 Å². The topological polar surface area (TPSA) is 12.9 Å². The predicted molar refractivity (Wildman–Crippen MR) is 78.7 cm³/mol. The van der Waals surface area contributed by atoms with Crippen molar-refractivity contribution in [2.24, 2.45) is 0 Å². The first kappa shape index (κ1) is 12.8. The number of pyridine rings is 1. The van der Waals surface area contributed by atoms with Crippen molar-refractivity contribution in [2.45, 2.75) is 33.1 Å². The molecule has 2 rings (SSSR count). The summed E-state index contributed by atoms with van der Waals surface area (Å²) >= 11 is 5.38. The summed E-state index contributed by atoms with van der Waals surface area (Å²) in [5, 5.41) is 0. The third kappa shape index (κ3) is 2.78. The minimum Gasteiger partial charge on any atom is -0.261 e. The molecular weight excluding hydrogens is 294 g/mol. The number of hydrogen-bond acceptors (Lipinski definition) is 2. The van der Waals surface area contributed by atoms with Gasteiger partial charge in [-0.05, 0) is 46.6 Å². The lowest BCUT2D eigenvalue weighted by Gasteiger charge is -2.17. The van der Waals surface area contributed by atoms with E-state index in [0.717, 1.165) is 5.69 Å². The Morgan fingerprint density at radius 3 is 2.47 bits per heavy atom. The third-order valence-corrected chi connectivity index (χ3v) is 4.86. The zero-order chi connectivity index (χ0) is 12.6. The minimum absolute atomic E-state index is 0.0968. The fourth-order valence-corrected chi connectivity index (χ4v) is 3.13. The molecule has 1 nitrogen and oxygen atoms in total. The molecule has 0 aliphatic carbocycles. The second-order valence-electron chi connectivity index (χ2n) is 5.19. The normalized spacial score (nSPS) is 11.8. The Bertz CT molecular complexity index is 518. The van der Waals surface area contributed by atoms with Gasteiger partial charge < -0.3 is 0 Å². The fourth-order valence-electron chi connectivity index (χ4n) is 1.60. The summed E-state index contributed by atoms with van der Waals surface area (Å²) in [5.74, 6) is 0. The summed E-state index contributed by atoms with van der Waals surface area (Å²) in [5.41, 5.74) is 2.49. The van der Waals surface area contributed by atoms with Crippen LogP contribution in [0.2, 0.25) is 0 Å². The van der Waals surface area contributed by atoms with E-state index in [4.69, 9.17) is 0 Å². The Morgan fingerprint density at radius 1 is 1.24 bits per heavy atom. The molecule has 0 saturated heterocycles. The Kier molecular flexibility index (Phi) is 3.41. The van der Waals surface area contributed by atoms with E-state index >= 15 is 0 Å². The van der Waals surface area contributed by atoms with Crippen LogP contribution in [0.5, 0.6) is 0 Å². The van der Waals surface area contributed by atoms with Crippen LogP contribution in [0.15, 0.2) is 28.9 Å². The van der Waals surface area contributed by atoms with Gasteiger partial charge >= 0.3 is 0 Å². The number of hydrogen-bond donors (Lipinski definition) is 0. The lowest BCUT2D eigenvalue weighted by atomic mass is 9.91. The van der Waals surface area contributed by atoms with Gasteiger partial charge in [-0.3, -0.25) is 4.98 Å². The second kappa shape index (κ2) is 4.54. The summed E-state index contributed by atoms with van der Waals surface area (Å²) in [7, 11) is 0. The molecule has 2 aromatic rings. The quantitative estimate of drug-likeness (QED) is 0.707. The maximum absolute atomic E-state index is 4.46. The monoisotopic (exact) mass is 309 g/mol. The molecule has 3 heteroatoms. The van der Waals surface area contributed by atoms with E-state index in [1.165, 1.54) is 19.8 Å². The highest BCUT2D eigenvalue weighted by Gasteiger charge is 2.16. The molecule has 0 fully saturated rings. The van der Waals surface area contributed by atoms with E-state index in [9.17, 15) is 0 Å². The molecule has 0 unspecified atom stereocenters. The van der Waals surface area contributed by atoms with E-state index in [1.807, 2.05) is 17.5 Å². The van der Waals surface area contributed by atoms with Gasteiger partial charge in [0, 0.05) is 31.5 Å². The zero-order valence-corrected chi connectivity index (χ0v) is 12.9. The number of nitrogens with zero attached hydrogens (tertiary/aromatic N) is 1. The molecule has 0 spiro atoms. The van der Waals surface area contributed by atoms with Crippen LogP contribution in [0.25, 0.3) is 10.4 Å². The number of aryl methyl sites for hydroxylation is 1. The highest BCUT2D eigenvalue weighted by Crippen LogP contribution is 2.35. The van der Waals surface area contributed by atoms with Crippen LogP contribution >= 0.6 is 27.3 Å². The predicted octanol–water partition coefficient (Wildman–Crippen LogP) is 5.18. The van der Waals surface area contributed by atoms with Gasteiger partial charge in [-0.15, -0.1) is 11.3 Å². The molecule has 90 valence electrons. The van der Waals surface area contributed by atoms with Gasteiger partial charge in [0.05, 0.1) is 0 Å². The first-order valence-corrected chi connectivity index (χ1v) is 7.22. The Hall–Kier alpha value is -0.670. The molecule has 0 radical (unpaired) electrons. The maximum atomic E-state index is 4.46. The van der Waals surface area contributed by atoms with Gasteiger partial charge in [0.2, 0.25) is 0 Å². The minimum atomic E-state index is 0.0968. The number of thiophene rings is 1. The average molecular weight is 310 g/mol. The number of aromatic nitrogens is 1. The van der Waals surface area contributed by atoms with Crippen molar-refractivity contribution in [2.75, 3.05) is 0 Å². The van der Waals surface area contributed by atoms with Crippen LogP contribution in [0.4, 0.5) is 0 Å². The van der Waals surface area contributed by atoms with Crippen molar-refractivity contribution in [3.05, 3.63) is 39.4 Å². The van der Waals surface area contributed by atoms with Crippen molar-refractivity contribution >= 4 is 27.3 Å². The first-order chi connectivity index (χ1) is 7.88. The van der Waals surface area contributed by atoms with Crippen molar-refractivity contribution in [1.29, 1.82) is 0 Å². The molecule has 0 aromatic carbocycles. The SMILES string of the molecule is Cc1sc(-c2ccnc(C(C)(C)C)c2)cc1Br. The van der Waals surface area contributed by atoms with Gasteiger partial charge in [-0.25, -0.2) is 0 Å². The first-order valence-electron chi connectivity index (χ1n) is 5.61. The van der Waals surface area contributed by atoms with E-state index in [2.05, 4.69) is 66.8 Å².